The minimum absolute atomic E-state index is 0. The van der Waals surface area contributed by atoms with Crippen LogP contribution in [0.5, 0.6) is 0 Å². The second-order valence-electron chi connectivity index (χ2n) is 4.33. The van der Waals surface area contributed by atoms with Gasteiger partial charge in [0.2, 0.25) is 0 Å². The predicted molar refractivity (Wildman–Crippen MR) is 88.6 cm³/mol. The Morgan fingerprint density at radius 3 is 2.50 bits per heavy atom. The lowest BCUT2D eigenvalue weighted by atomic mass is 10.3. The fourth-order valence-electron chi connectivity index (χ4n) is 2.17. The molecule has 1 aliphatic rings. The zero-order valence-electron chi connectivity index (χ0n) is 11.8. The molecule has 0 spiro atoms. The number of amides is 1. The lowest BCUT2D eigenvalue weighted by Gasteiger charge is -2.36. The summed E-state index contributed by atoms with van der Waals surface area (Å²) in [4.78, 5) is 20.3. The number of hydrogen-bond donors (Lipinski definition) is 1. The van der Waals surface area contributed by atoms with Gasteiger partial charge < -0.3 is 19.5 Å². The van der Waals surface area contributed by atoms with Crippen molar-refractivity contribution < 1.29 is 9.21 Å². The van der Waals surface area contributed by atoms with E-state index in [1.165, 1.54) is 6.26 Å². The number of guanidine groups is 1. The van der Waals surface area contributed by atoms with Crippen LogP contribution >= 0.6 is 24.0 Å². The van der Waals surface area contributed by atoms with Crippen molar-refractivity contribution in [2.45, 2.75) is 6.92 Å². The minimum Gasteiger partial charge on any atom is -0.459 e. The van der Waals surface area contributed by atoms with E-state index >= 15 is 0 Å². The number of nitrogens with one attached hydrogen (secondary N) is 1. The molecule has 7 heteroatoms. The fourth-order valence-corrected chi connectivity index (χ4v) is 2.17. The van der Waals surface area contributed by atoms with Crippen LogP contribution in [-0.2, 0) is 0 Å². The first-order valence-corrected chi connectivity index (χ1v) is 6.54. The first-order chi connectivity index (χ1) is 9.26. The average Bonchev–Trinajstić information content (AvgIpc) is 2.98. The molecule has 112 valence electrons. The maximum atomic E-state index is 12.1. The molecule has 20 heavy (non-hydrogen) atoms. The van der Waals surface area contributed by atoms with E-state index in [0.717, 1.165) is 25.6 Å². The molecular formula is C13H21IN4O2. The summed E-state index contributed by atoms with van der Waals surface area (Å²) < 4.78 is 5.14. The summed E-state index contributed by atoms with van der Waals surface area (Å²) in [6.45, 7) is 5.83. The second-order valence-corrected chi connectivity index (χ2v) is 4.33. The lowest BCUT2D eigenvalue weighted by Crippen LogP contribution is -2.53. The molecule has 0 saturated carbocycles. The van der Waals surface area contributed by atoms with Crippen molar-refractivity contribution >= 4 is 35.8 Å². The normalized spacial score (nSPS) is 15.8. The molecule has 0 bridgehead atoms. The number of hydrogen-bond acceptors (Lipinski definition) is 3. The van der Waals surface area contributed by atoms with Gasteiger partial charge in [0.05, 0.1) is 6.26 Å². The average molecular weight is 392 g/mol. The molecule has 1 fully saturated rings. The summed E-state index contributed by atoms with van der Waals surface area (Å²) in [6.07, 6.45) is 1.52. The summed E-state index contributed by atoms with van der Waals surface area (Å²) >= 11 is 0. The van der Waals surface area contributed by atoms with Crippen molar-refractivity contribution in [2.24, 2.45) is 4.99 Å². The van der Waals surface area contributed by atoms with Gasteiger partial charge in [-0.3, -0.25) is 9.79 Å². The van der Waals surface area contributed by atoms with Gasteiger partial charge in [-0.15, -0.1) is 24.0 Å². The first kappa shape index (κ1) is 16.8. The van der Waals surface area contributed by atoms with Crippen molar-refractivity contribution in [3.05, 3.63) is 24.2 Å². The van der Waals surface area contributed by atoms with E-state index in [2.05, 4.69) is 15.2 Å². The third-order valence-electron chi connectivity index (χ3n) is 3.15. The molecule has 1 aromatic rings. The molecule has 1 saturated heterocycles. The molecule has 2 heterocycles. The highest BCUT2D eigenvalue weighted by Gasteiger charge is 2.24. The van der Waals surface area contributed by atoms with Gasteiger partial charge in [-0.25, -0.2) is 0 Å². The molecule has 1 N–H and O–H groups in total. The smallest absolute Gasteiger partial charge is 0.289 e. The molecule has 1 amide bonds. The molecule has 6 nitrogen and oxygen atoms in total. The van der Waals surface area contributed by atoms with E-state index in [0.29, 0.717) is 18.8 Å². The van der Waals surface area contributed by atoms with Gasteiger partial charge in [-0.1, -0.05) is 0 Å². The van der Waals surface area contributed by atoms with Crippen LogP contribution in [-0.4, -0.2) is 61.4 Å². The van der Waals surface area contributed by atoms with Crippen LogP contribution in [0.4, 0.5) is 0 Å². The van der Waals surface area contributed by atoms with E-state index in [-0.39, 0.29) is 29.9 Å². The van der Waals surface area contributed by atoms with Crippen LogP contribution < -0.4 is 5.32 Å². The molecule has 0 aromatic carbocycles. The number of carbonyl (C=O) groups is 1. The Morgan fingerprint density at radius 2 is 2.00 bits per heavy atom. The molecule has 0 atom stereocenters. The standard InChI is InChI=1S/C13H20N4O2.HI/c1-3-15-13(14-2)17-8-6-16(7-9-17)12(18)11-5-4-10-19-11;/h4-5,10H,3,6-9H2,1-2H3,(H,14,15);1H. The van der Waals surface area contributed by atoms with Crippen LogP contribution in [0.3, 0.4) is 0 Å². The van der Waals surface area contributed by atoms with E-state index < -0.39 is 0 Å². The highest BCUT2D eigenvalue weighted by Crippen LogP contribution is 2.09. The predicted octanol–water partition coefficient (Wildman–Crippen LogP) is 1.25. The third-order valence-corrected chi connectivity index (χ3v) is 3.15. The zero-order valence-corrected chi connectivity index (χ0v) is 14.2. The number of furan rings is 1. The van der Waals surface area contributed by atoms with Gasteiger partial charge in [-0.2, -0.15) is 0 Å². The SMILES string of the molecule is CCNC(=NC)N1CCN(C(=O)c2ccco2)CC1.I. The van der Waals surface area contributed by atoms with E-state index in [9.17, 15) is 4.79 Å². The van der Waals surface area contributed by atoms with E-state index in [4.69, 9.17) is 4.42 Å². The number of rotatable bonds is 2. The quantitative estimate of drug-likeness (QED) is 0.468. The number of piperazine rings is 1. The summed E-state index contributed by atoms with van der Waals surface area (Å²) in [7, 11) is 1.78. The highest BCUT2D eigenvalue weighted by atomic mass is 127. The number of nitrogens with zero attached hydrogens (tertiary/aromatic N) is 3. The van der Waals surface area contributed by atoms with Crippen molar-refractivity contribution in [3.8, 4) is 0 Å². The summed E-state index contributed by atoms with van der Waals surface area (Å²) in [5.74, 6) is 1.26. The first-order valence-electron chi connectivity index (χ1n) is 6.54. The Kier molecular flexibility index (Phi) is 6.83. The molecule has 0 radical (unpaired) electrons. The highest BCUT2D eigenvalue weighted by molar-refractivity contribution is 14.0. The van der Waals surface area contributed by atoms with Crippen LogP contribution in [0.1, 0.15) is 17.5 Å². The Balaban J connectivity index is 0.00000200. The van der Waals surface area contributed by atoms with Gasteiger partial charge in [0.1, 0.15) is 0 Å². The van der Waals surface area contributed by atoms with Crippen LogP contribution in [0, 0.1) is 0 Å². The van der Waals surface area contributed by atoms with Gasteiger partial charge in [0.15, 0.2) is 11.7 Å². The maximum absolute atomic E-state index is 12.1. The van der Waals surface area contributed by atoms with Crippen molar-refractivity contribution in [1.29, 1.82) is 0 Å². The van der Waals surface area contributed by atoms with Crippen molar-refractivity contribution in [1.82, 2.24) is 15.1 Å². The number of carbonyl (C=O) groups excluding carboxylic acids is 1. The third kappa shape index (κ3) is 3.87. The molecule has 0 unspecified atom stereocenters. The Morgan fingerprint density at radius 1 is 1.35 bits per heavy atom. The van der Waals surface area contributed by atoms with Gasteiger partial charge in [-0.05, 0) is 19.1 Å². The monoisotopic (exact) mass is 392 g/mol. The van der Waals surface area contributed by atoms with Crippen LogP contribution in [0.2, 0.25) is 0 Å². The van der Waals surface area contributed by atoms with Crippen molar-refractivity contribution in [2.75, 3.05) is 39.8 Å². The lowest BCUT2D eigenvalue weighted by molar-refractivity contribution is 0.0658. The molecule has 1 aromatic heterocycles. The van der Waals surface area contributed by atoms with E-state index in [1.807, 2.05) is 11.8 Å². The topological polar surface area (TPSA) is 61.1 Å². The number of halogens is 1. The maximum Gasteiger partial charge on any atom is 0.289 e. The molecule has 1 aliphatic heterocycles. The fraction of sp³-hybridized carbons (Fsp3) is 0.538. The van der Waals surface area contributed by atoms with Crippen molar-refractivity contribution in [3.63, 3.8) is 0 Å². The summed E-state index contributed by atoms with van der Waals surface area (Å²) in [5, 5.41) is 3.23. The molecule has 2 rings (SSSR count). The van der Waals surface area contributed by atoms with E-state index in [1.54, 1.807) is 19.2 Å². The zero-order chi connectivity index (χ0) is 13.7. The largest absolute Gasteiger partial charge is 0.459 e. The Hall–Kier alpha value is -1.25. The molecule has 0 aliphatic carbocycles. The van der Waals surface area contributed by atoms with Crippen LogP contribution in [0.15, 0.2) is 27.8 Å². The number of aliphatic imine (C=N–C) groups is 1. The Labute approximate surface area is 136 Å². The summed E-state index contributed by atoms with van der Waals surface area (Å²) in [6, 6.07) is 3.43. The van der Waals surface area contributed by atoms with Gasteiger partial charge in [0.25, 0.3) is 5.91 Å². The summed E-state index contributed by atoms with van der Waals surface area (Å²) in [5.41, 5.74) is 0. The minimum atomic E-state index is -0.0388. The Bertz CT molecular complexity index is 439. The van der Waals surface area contributed by atoms with Gasteiger partial charge in [0, 0.05) is 39.8 Å². The van der Waals surface area contributed by atoms with Crippen LogP contribution in [0.25, 0.3) is 0 Å². The van der Waals surface area contributed by atoms with Gasteiger partial charge >= 0.3 is 0 Å². The molecular weight excluding hydrogens is 371 g/mol. The second kappa shape index (κ2) is 8.13.